The molecule has 5 nitrogen and oxygen atoms in total. The first-order chi connectivity index (χ1) is 8.90. The lowest BCUT2D eigenvalue weighted by Crippen LogP contribution is -2.10. The van der Waals surface area contributed by atoms with Crippen LogP contribution in [0.15, 0.2) is 11.4 Å². The fourth-order valence-corrected chi connectivity index (χ4v) is 2.46. The van der Waals surface area contributed by atoms with E-state index in [-0.39, 0.29) is 5.41 Å². The van der Waals surface area contributed by atoms with E-state index in [2.05, 4.69) is 35.7 Å². The molecule has 0 saturated carbocycles. The molecule has 0 aliphatic carbocycles. The van der Waals surface area contributed by atoms with Gasteiger partial charge in [0.15, 0.2) is 5.82 Å². The molecule has 19 heavy (non-hydrogen) atoms. The summed E-state index contributed by atoms with van der Waals surface area (Å²) < 4.78 is 5.07. The molecule has 2 rings (SSSR count). The number of nitrogen functional groups attached to an aromatic ring is 1. The van der Waals surface area contributed by atoms with Gasteiger partial charge in [-0.05, 0) is 0 Å². The molecule has 2 N–H and O–H groups in total. The van der Waals surface area contributed by atoms with Crippen LogP contribution in [0, 0.1) is 0 Å². The highest BCUT2D eigenvalue weighted by Gasteiger charge is 2.19. The van der Waals surface area contributed by atoms with Crippen molar-refractivity contribution in [3.8, 4) is 11.5 Å². The maximum absolute atomic E-state index is 5.79. The van der Waals surface area contributed by atoms with Crippen LogP contribution in [0.25, 0.3) is 11.5 Å². The quantitative estimate of drug-likeness (QED) is 0.934. The Kier molecular flexibility index (Phi) is 3.82. The molecule has 102 valence electrons. The molecule has 0 bridgehead atoms. The first kappa shape index (κ1) is 13.9. The highest BCUT2D eigenvalue weighted by molar-refractivity contribution is 7.10. The van der Waals surface area contributed by atoms with Crippen molar-refractivity contribution < 1.29 is 4.74 Å². The van der Waals surface area contributed by atoms with Gasteiger partial charge in [0.1, 0.15) is 11.5 Å². The van der Waals surface area contributed by atoms with Crippen molar-refractivity contribution in [1.82, 2.24) is 15.0 Å². The van der Waals surface area contributed by atoms with Crippen molar-refractivity contribution in [2.75, 3.05) is 12.8 Å². The smallest absolute Gasteiger partial charge is 0.181 e. The van der Waals surface area contributed by atoms with E-state index in [1.807, 2.05) is 5.38 Å². The summed E-state index contributed by atoms with van der Waals surface area (Å²) in [5.41, 5.74) is 7.34. The number of rotatable bonds is 3. The molecular weight excluding hydrogens is 260 g/mol. The SMILES string of the molecule is COCc1cc(N)nc(-c2csc(C(C)(C)C)n2)n1. The van der Waals surface area contributed by atoms with Gasteiger partial charge in [-0.1, -0.05) is 20.8 Å². The van der Waals surface area contributed by atoms with Crippen LogP contribution in [-0.4, -0.2) is 22.1 Å². The summed E-state index contributed by atoms with van der Waals surface area (Å²) in [7, 11) is 1.62. The third kappa shape index (κ3) is 3.27. The van der Waals surface area contributed by atoms with Crippen LogP contribution in [0.5, 0.6) is 0 Å². The summed E-state index contributed by atoms with van der Waals surface area (Å²) in [5.74, 6) is 0.987. The van der Waals surface area contributed by atoms with Gasteiger partial charge in [-0.3, -0.25) is 0 Å². The Balaban J connectivity index is 2.38. The molecule has 0 unspecified atom stereocenters. The van der Waals surface area contributed by atoms with Crippen LogP contribution in [-0.2, 0) is 16.8 Å². The molecular formula is C13H18N4OS. The fraction of sp³-hybridized carbons (Fsp3) is 0.462. The molecule has 0 spiro atoms. The molecule has 2 aromatic rings. The zero-order chi connectivity index (χ0) is 14.0. The Morgan fingerprint density at radius 3 is 2.58 bits per heavy atom. The van der Waals surface area contributed by atoms with E-state index in [1.165, 1.54) is 0 Å². The topological polar surface area (TPSA) is 73.9 Å². The Labute approximate surface area is 116 Å². The van der Waals surface area contributed by atoms with Gasteiger partial charge >= 0.3 is 0 Å². The van der Waals surface area contributed by atoms with Crippen molar-refractivity contribution >= 4 is 17.2 Å². The Morgan fingerprint density at radius 2 is 2.00 bits per heavy atom. The zero-order valence-corrected chi connectivity index (χ0v) is 12.4. The van der Waals surface area contributed by atoms with Crippen LogP contribution < -0.4 is 5.73 Å². The van der Waals surface area contributed by atoms with Crippen LogP contribution in [0.2, 0.25) is 0 Å². The van der Waals surface area contributed by atoms with Crippen LogP contribution in [0.4, 0.5) is 5.82 Å². The van der Waals surface area contributed by atoms with Crippen molar-refractivity contribution in [2.45, 2.75) is 32.8 Å². The zero-order valence-electron chi connectivity index (χ0n) is 11.6. The minimum absolute atomic E-state index is 0.0264. The van der Waals surface area contributed by atoms with Crippen molar-refractivity contribution in [3.05, 3.63) is 22.1 Å². The lowest BCUT2D eigenvalue weighted by atomic mass is 9.98. The third-order valence-corrected chi connectivity index (χ3v) is 3.73. The van der Waals surface area contributed by atoms with E-state index in [0.717, 1.165) is 16.4 Å². The number of ether oxygens (including phenoxy) is 1. The second kappa shape index (κ2) is 5.22. The average Bonchev–Trinajstić information content (AvgIpc) is 2.77. The normalized spacial score (nSPS) is 11.8. The number of anilines is 1. The number of aromatic nitrogens is 3. The molecule has 2 heterocycles. The van der Waals surface area contributed by atoms with Gasteiger partial charge in [-0.25, -0.2) is 15.0 Å². The standard InChI is InChI=1S/C13H18N4OS/c1-13(2,3)12-16-9(7-19-12)11-15-8(6-18-4)5-10(14)17-11/h5,7H,6H2,1-4H3,(H2,14,15,17). The molecule has 0 atom stereocenters. The van der Waals surface area contributed by atoms with Crippen LogP contribution >= 0.6 is 11.3 Å². The number of thiazole rings is 1. The molecule has 0 aliphatic heterocycles. The van der Waals surface area contributed by atoms with Gasteiger partial charge in [-0.15, -0.1) is 11.3 Å². The monoisotopic (exact) mass is 278 g/mol. The maximum Gasteiger partial charge on any atom is 0.181 e. The first-order valence-electron chi connectivity index (χ1n) is 5.99. The summed E-state index contributed by atoms with van der Waals surface area (Å²) in [6.45, 7) is 6.81. The Morgan fingerprint density at radius 1 is 1.26 bits per heavy atom. The lowest BCUT2D eigenvalue weighted by Gasteiger charge is -2.13. The predicted octanol–water partition coefficient (Wildman–Crippen LogP) is 2.63. The number of hydrogen-bond donors (Lipinski definition) is 1. The van der Waals surface area contributed by atoms with Gasteiger partial charge in [-0.2, -0.15) is 0 Å². The van der Waals surface area contributed by atoms with Gasteiger partial charge in [0.2, 0.25) is 0 Å². The largest absolute Gasteiger partial charge is 0.384 e. The van der Waals surface area contributed by atoms with Crippen molar-refractivity contribution in [3.63, 3.8) is 0 Å². The summed E-state index contributed by atoms with van der Waals surface area (Å²) in [6, 6.07) is 1.71. The average molecular weight is 278 g/mol. The van der Waals surface area contributed by atoms with Crippen molar-refractivity contribution in [1.29, 1.82) is 0 Å². The highest BCUT2D eigenvalue weighted by Crippen LogP contribution is 2.28. The van der Waals surface area contributed by atoms with Gasteiger partial charge in [0.05, 0.1) is 17.3 Å². The molecule has 0 amide bonds. The van der Waals surface area contributed by atoms with E-state index >= 15 is 0 Å². The Bertz CT molecular complexity index is 574. The number of methoxy groups -OCH3 is 1. The summed E-state index contributed by atoms with van der Waals surface area (Å²) >= 11 is 1.61. The predicted molar refractivity (Wildman–Crippen MR) is 77.0 cm³/mol. The molecule has 0 radical (unpaired) electrons. The fourth-order valence-electron chi connectivity index (χ4n) is 1.58. The van der Waals surface area contributed by atoms with Gasteiger partial charge in [0.25, 0.3) is 0 Å². The highest BCUT2D eigenvalue weighted by atomic mass is 32.1. The van der Waals surface area contributed by atoms with E-state index < -0.39 is 0 Å². The number of nitrogens with two attached hydrogens (primary N) is 1. The molecule has 6 heteroatoms. The first-order valence-corrected chi connectivity index (χ1v) is 6.87. The van der Waals surface area contributed by atoms with E-state index in [4.69, 9.17) is 10.5 Å². The van der Waals surface area contributed by atoms with Crippen molar-refractivity contribution in [2.24, 2.45) is 0 Å². The minimum Gasteiger partial charge on any atom is -0.384 e. The van der Waals surface area contributed by atoms with E-state index in [0.29, 0.717) is 18.2 Å². The van der Waals surface area contributed by atoms with Crippen LogP contribution in [0.3, 0.4) is 0 Å². The summed E-state index contributed by atoms with van der Waals surface area (Å²) in [5, 5.41) is 3.02. The van der Waals surface area contributed by atoms with E-state index in [1.54, 1.807) is 24.5 Å². The summed E-state index contributed by atoms with van der Waals surface area (Å²) in [6.07, 6.45) is 0. The molecule has 0 aromatic carbocycles. The molecule has 0 aliphatic rings. The molecule has 0 fully saturated rings. The second-order valence-electron chi connectivity index (χ2n) is 5.33. The number of nitrogens with zero attached hydrogens (tertiary/aromatic N) is 3. The number of hydrogen-bond acceptors (Lipinski definition) is 6. The Hall–Kier alpha value is -1.53. The third-order valence-electron chi connectivity index (χ3n) is 2.47. The maximum atomic E-state index is 5.79. The lowest BCUT2D eigenvalue weighted by molar-refractivity contribution is 0.181. The summed E-state index contributed by atoms with van der Waals surface area (Å²) in [4.78, 5) is 13.2. The van der Waals surface area contributed by atoms with Gasteiger partial charge in [0, 0.05) is 24.0 Å². The minimum atomic E-state index is 0.0264. The van der Waals surface area contributed by atoms with Crippen LogP contribution in [0.1, 0.15) is 31.5 Å². The second-order valence-corrected chi connectivity index (χ2v) is 6.19. The van der Waals surface area contributed by atoms with Gasteiger partial charge < -0.3 is 10.5 Å². The molecule has 2 aromatic heterocycles. The molecule has 0 saturated heterocycles. The van der Waals surface area contributed by atoms with E-state index in [9.17, 15) is 0 Å².